The quantitative estimate of drug-likeness (QED) is 0.244. The molecule has 0 saturated carbocycles. The minimum Gasteiger partial charge on any atom is -0.296 e. The van der Waals surface area contributed by atoms with Crippen molar-refractivity contribution in [2.75, 3.05) is 14.1 Å². The first-order valence-corrected chi connectivity index (χ1v) is 20.4. The summed E-state index contributed by atoms with van der Waals surface area (Å²) in [6.07, 6.45) is 3.66. The largest absolute Gasteiger partial charge is 0.296 e. The van der Waals surface area contributed by atoms with Crippen LogP contribution in [0.5, 0.6) is 0 Å². The van der Waals surface area contributed by atoms with Gasteiger partial charge in [0.2, 0.25) is 23.6 Å². The number of hydrogen-bond acceptors (Lipinski definition) is 6. The summed E-state index contributed by atoms with van der Waals surface area (Å²) in [5.41, 5.74) is 1.26. The van der Waals surface area contributed by atoms with Gasteiger partial charge < -0.3 is 0 Å². The molecule has 4 saturated heterocycles. The summed E-state index contributed by atoms with van der Waals surface area (Å²) < 4.78 is 0. The van der Waals surface area contributed by atoms with Gasteiger partial charge in [0, 0.05) is 40.2 Å². The van der Waals surface area contributed by atoms with E-state index in [9.17, 15) is 9.59 Å². The summed E-state index contributed by atoms with van der Waals surface area (Å²) in [4.78, 5) is 67.2. The van der Waals surface area contributed by atoms with E-state index in [0.29, 0.717) is 38.5 Å². The molecular formula is C46H66N4O4. The maximum atomic E-state index is 15.3. The van der Waals surface area contributed by atoms with Crippen LogP contribution in [0.25, 0.3) is 0 Å². The predicted octanol–water partition coefficient (Wildman–Crippen LogP) is 7.88. The monoisotopic (exact) mass is 739 g/mol. The van der Waals surface area contributed by atoms with Crippen LogP contribution in [0.15, 0.2) is 60.7 Å². The Morgan fingerprint density at radius 2 is 0.944 bits per heavy atom. The fraction of sp³-hybridized carbons (Fsp3) is 0.652. The van der Waals surface area contributed by atoms with E-state index in [-0.39, 0.29) is 63.8 Å². The molecule has 8 heteroatoms. The Bertz CT molecular complexity index is 1700. The maximum absolute atomic E-state index is 15.3. The molecule has 4 aliphatic rings. The molecule has 6 unspecified atom stereocenters. The van der Waals surface area contributed by atoms with Gasteiger partial charge in [0.05, 0.1) is 17.8 Å². The van der Waals surface area contributed by atoms with E-state index < -0.39 is 29.6 Å². The number of piperidine rings is 2. The SMILES string of the molecule is CC(CC1C(=O)N(C2CC(C)(C)N(C)C(C)(C)C2)C(=O)C1C(CC1C(=O)N(C2CC(C)(C)N(C)C(C)(C)C2)C(=O)C1C)c1ccccc1)c1ccccc1. The van der Waals surface area contributed by atoms with Gasteiger partial charge in [-0.3, -0.25) is 38.8 Å². The maximum Gasteiger partial charge on any atom is 0.233 e. The Labute approximate surface area is 325 Å². The summed E-state index contributed by atoms with van der Waals surface area (Å²) in [6.45, 7) is 21.6. The molecule has 2 aromatic carbocycles. The van der Waals surface area contributed by atoms with Crippen LogP contribution in [0.4, 0.5) is 0 Å². The van der Waals surface area contributed by atoms with Gasteiger partial charge in [-0.2, -0.15) is 0 Å². The van der Waals surface area contributed by atoms with E-state index in [1.54, 1.807) is 9.80 Å². The van der Waals surface area contributed by atoms with Gasteiger partial charge in [-0.25, -0.2) is 0 Å². The second-order valence-electron chi connectivity index (χ2n) is 19.9. The number of carbonyl (C=O) groups excluding carboxylic acids is 4. The lowest BCUT2D eigenvalue weighted by atomic mass is 9.71. The summed E-state index contributed by atoms with van der Waals surface area (Å²) in [5, 5.41) is 0. The van der Waals surface area contributed by atoms with Crippen LogP contribution >= 0.6 is 0 Å². The molecule has 4 heterocycles. The lowest BCUT2D eigenvalue weighted by Gasteiger charge is -2.55. The average molecular weight is 739 g/mol. The van der Waals surface area contributed by atoms with Gasteiger partial charge in [-0.05, 0) is 131 Å². The van der Waals surface area contributed by atoms with Crippen molar-refractivity contribution < 1.29 is 19.2 Å². The van der Waals surface area contributed by atoms with Crippen LogP contribution in [0.1, 0.15) is 131 Å². The lowest BCUT2D eigenvalue weighted by molar-refractivity contribution is -0.149. The van der Waals surface area contributed by atoms with Gasteiger partial charge in [0.1, 0.15) is 0 Å². The van der Waals surface area contributed by atoms with E-state index >= 15 is 9.59 Å². The molecule has 0 spiro atoms. The van der Waals surface area contributed by atoms with Crippen molar-refractivity contribution >= 4 is 23.6 Å². The summed E-state index contributed by atoms with van der Waals surface area (Å²) in [5.74, 6) is -3.14. The molecular weight excluding hydrogens is 673 g/mol. The smallest absolute Gasteiger partial charge is 0.233 e. The molecule has 6 atom stereocenters. The van der Waals surface area contributed by atoms with Crippen LogP contribution in [0.2, 0.25) is 0 Å². The highest BCUT2D eigenvalue weighted by atomic mass is 16.2. The fourth-order valence-electron chi connectivity index (χ4n) is 11.2. The number of rotatable bonds is 9. The van der Waals surface area contributed by atoms with Gasteiger partial charge >= 0.3 is 0 Å². The average Bonchev–Trinajstić information content (AvgIpc) is 3.46. The highest BCUT2D eigenvalue weighted by Crippen LogP contribution is 2.50. The Morgan fingerprint density at radius 3 is 1.39 bits per heavy atom. The minimum atomic E-state index is -0.651. The molecule has 8 nitrogen and oxygen atoms in total. The molecule has 0 radical (unpaired) electrons. The van der Waals surface area contributed by atoms with Crippen molar-refractivity contribution in [3.8, 4) is 0 Å². The standard InChI is InChI=1S/C46H66N4O4/c1-29(31-19-15-13-16-20-31)23-37-38(42(54)50(41(37)53)34-27-45(7,8)48(12)46(9,10)28-34)36(32-21-17-14-18-22-32)24-35-30(2)39(51)49(40(35)52)33-25-43(3,4)47(11)44(5,6)26-33/h13-22,29-30,33-38H,23-28H2,1-12H3. The van der Waals surface area contributed by atoms with Crippen molar-refractivity contribution in [3.63, 3.8) is 0 Å². The zero-order valence-corrected chi connectivity index (χ0v) is 35.1. The predicted molar refractivity (Wildman–Crippen MR) is 214 cm³/mol. The van der Waals surface area contributed by atoms with Gasteiger partial charge in [-0.1, -0.05) is 74.5 Å². The Hall–Kier alpha value is -3.36. The van der Waals surface area contributed by atoms with E-state index in [1.165, 1.54) is 0 Å². The molecule has 2 aromatic rings. The van der Waals surface area contributed by atoms with Gasteiger partial charge in [0.15, 0.2) is 0 Å². The first-order valence-electron chi connectivity index (χ1n) is 20.4. The molecule has 0 aliphatic carbocycles. The van der Waals surface area contributed by atoms with Crippen molar-refractivity contribution in [3.05, 3.63) is 71.8 Å². The van der Waals surface area contributed by atoms with E-state index in [2.05, 4.69) is 98.3 Å². The van der Waals surface area contributed by atoms with Gasteiger partial charge in [0.25, 0.3) is 0 Å². The number of imide groups is 2. The van der Waals surface area contributed by atoms with Crippen LogP contribution < -0.4 is 0 Å². The molecule has 4 aliphatic heterocycles. The minimum absolute atomic E-state index is 0.0393. The molecule has 0 aromatic heterocycles. The molecule has 0 bridgehead atoms. The highest BCUT2D eigenvalue weighted by Gasteiger charge is 2.59. The van der Waals surface area contributed by atoms with Crippen LogP contribution in [-0.4, -0.2) is 91.6 Å². The molecule has 6 rings (SSSR count). The van der Waals surface area contributed by atoms with E-state index in [1.807, 2.05) is 55.5 Å². The Kier molecular flexibility index (Phi) is 10.7. The first kappa shape index (κ1) is 40.3. The fourth-order valence-corrected chi connectivity index (χ4v) is 11.2. The zero-order valence-electron chi connectivity index (χ0n) is 35.1. The number of benzene rings is 2. The van der Waals surface area contributed by atoms with E-state index in [4.69, 9.17) is 0 Å². The summed E-state index contributed by atoms with van der Waals surface area (Å²) >= 11 is 0. The molecule has 54 heavy (non-hydrogen) atoms. The highest BCUT2D eigenvalue weighted by molar-refractivity contribution is 6.07. The second-order valence-corrected chi connectivity index (χ2v) is 19.9. The van der Waals surface area contributed by atoms with Crippen molar-refractivity contribution in [1.82, 2.24) is 19.6 Å². The van der Waals surface area contributed by atoms with Crippen molar-refractivity contribution in [2.45, 2.75) is 154 Å². The van der Waals surface area contributed by atoms with Crippen LogP contribution in [-0.2, 0) is 19.2 Å². The second kappa shape index (κ2) is 14.3. The van der Waals surface area contributed by atoms with Crippen molar-refractivity contribution in [1.29, 1.82) is 0 Å². The third-order valence-corrected chi connectivity index (χ3v) is 14.7. The third-order valence-electron chi connectivity index (χ3n) is 14.7. The van der Waals surface area contributed by atoms with E-state index in [0.717, 1.165) is 11.1 Å². The Morgan fingerprint density at radius 1 is 0.556 bits per heavy atom. The number of nitrogens with zero attached hydrogens (tertiary/aromatic N) is 4. The molecule has 4 amide bonds. The number of carbonyl (C=O) groups is 4. The van der Waals surface area contributed by atoms with Gasteiger partial charge in [-0.15, -0.1) is 0 Å². The molecule has 294 valence electrons. The third kappa shape index (κ3) is 7.11. The zero-order chi connectivity index (χ0) is 39.7. The Balaban J connectivity index is 1.39. The van der Waals surface area contributed by atoms with Crippen molar-refractivity contribution in [2.24, 2.45) is 23.7 Å². The number of likely N-dealkylation sites (tertiary alicyclic amines) is 4. The van der Waals surface area contributed by atoms with Crippen LogP contribution in [0, 0.1) is 23.7 Å². The summed E-state index contributed by atoms with van der Waals surface area (Å²) in [7, 11) is 4.27. The lowest BCUT2D eigenvalue weighted by Crippen LogP contribution is -2.63. The number of amides is 4. The topological polar surface area (TPSA) is 81.2 Å². The summed E-state index contributed by atoms with van der Waals surface area (Å²) in [6, 6.07) is 19.8. The normalized spacial score (nSPS) is 30.3. The molecule has 0 N–H and O–H groups in total. The first-order chi connectivity index (χ1) is 25.1. The van der Waals surface area contributed by atoms with Crippen LogP contribution in [0.3, 0.4) is 0 Å². The number of hydrogen-bond donors (Lipinski definition) is 0. The molecule has 4 fully saturated rings.